The van der Waals surface area contributed by atoms with Crippen molar-refractivity contribution < 1.29 is 9.59 Å². The Morgan fingerprint density at radius 2 is 1.72 bits per heavy atom. The molecule has 0 saturated carbocycles. The third-order valence-corrected chi connectivity index (χ3v) is 3.24. The lowest BCUT2D eigenvalue weighted by Crippen LogP contribution is -2.37. The molecule has 0 aromatic heterocycles. The summed E-state index contributed by atoms with van der Waals surface area (Å²) in [6.07, 6.45) is 4.78. The van der Waals surface area contributed by atoms with Crippen LogP contribution in [0.4, 0.5) is 0 Å². The number of rotatable bonds is 4. The lowest BCUT2D eigenvalue weighted by molar-refractivity contribution is -0.132. The zero-order valence-electron chi connectivity index (χ0n) is 11.9. The van der Waals surface area contributed by atoms with Crippen molar-refractivity contribution in [3.63, 3.8) is 0 Å². The Labute approximate surface area is 110 Å². The summed E-state index contributed by atoms with van der Waals surface area (Å²) < 4.78 is 0. The maximum Gasteiger partial charge on any atom is 0.225 e. The molecular weight excluding hydrogens is 228 g/mol. The number of carbonyl (C=O) groups is 2. The van der Waals surface area contributed by atoms with Crippen LogP contribution >= 0.6 is 0 Å². The van der Waals surface area contributed by atoms with Crippen LogP contribution in [0.3, 0.4) is 0 Å². The normalized spacial score (nSPS) is 16.5. The van der Waals surface area contributed by atoms with Crippen LogP contribution in [0, 0.1) is 5.41 Å². The van der Waals surface area contributed by atoms with Gasteiger partial charge in [-0.1, -0.05) is 20.8 Å². The summed E-state index contributed by atoms with van der Waals surface area (Å²) in [7, 11) is 0. The molecule has 0 spiro atoms. The van der Waals surface area contributed by atoms with Crippen molar-refractivity contribution in [3.05, 3.63) is 0 Å². The van der Waals surface area contributed by atoms with Crippen molar-refractivity contribution >= 4 is 11.8 Å². The Kier molecular flexibility index (Phi) is 5.63. The van der Waals surface area contributed by atoms with Crippen molar-refractivity contribution in [2.75, 3.05) is 19.6 Å². The van der Waals surface area contributed by atoms with Gasteiger partial charge in [-0.2, -0.15) is 0 Å². The summed E-state index contributed by atoms with van der Waals surface area (Å²) in [4.78, 5) is 25.4. The smallest absolute Gasteiger partial charge is 0.225 e. The zero-order chi connectivity index (χ0) is 13.6. The number of hydrogen-bond donors (Lipinski definition) is 1. The molecule has 1 fully saturated rings. The van der Waals surface area contributed by atoms with E-state index in [1.807, 2.05) is 25.7 Å². The molecule has 1 aliphatic rings. The fourth-order valence-electron chi connectivity index (χ4n) is 2.01. The Morgan fingerprint density at radius 1 is 1.11 bits per heavy atom. The van der Waals surface area contributed by atoms with Gasteiger partial charge in [-0.25, -0.2) is 0 Å². The number of amides is 2. The monoisotopic (exact) mass is 254 g/mol. The van der Waals surface area contributed by atoms with Crippen molar-refractivity contribution in [3.8, 4) is 0 Å². The van der Waals surface area contributed by atoms with Crippen molar-refractivity contribution in [2.24, 2.45) is 5.41 Å². The molecule has 1 aliphatic heterocycles. The van der Waals surface area contributed by atoms with Crippen molar-refractivity contribution in [1.29, 1.82) is 0 Å². The van der Waals surface area contributed by atoms with Crippen LogP contribution in [0.1, 0.15) is 52.9 Å². The minimum atomic E-state index is -0.350. The molecule has 0 aliphatic carbocycles. The van der Waals surface area contributed by atoms with Gasteiger partial charge in [-0.05, 0) is 25.7 Å². The molecule has 0 aromatic rings. The van der Waals surface area contributed by atoms with Crippen LogP contribution < -0.4 is 5.32 Å². The van der Waals surface area contributed by atoms with E-state index in [0.29, 0.717) is 13.0 Å². The lowest BCUT2D eigenvalue weighted by atomic mass is 9.96. The molecule has 0 bridgehead atoms. The first-order chi connectivity index (χ1) is 8.41. The maximum atomic E-state index is 11.9. The second kappa shape index (κ2) is 6.76. The van der Waals surface area contributed by atoms with Gasteiger partial charge in [0.05, 0.1) is 0 Å². The van der Waals surface area contributed by atoms with Gasteiger partial charge in [-0.3, -0.25) is 9.59 Å². The minimum Gasteiger partial charge on any atom is -0.356 e. The number of nitrogens with one attached hydrogen (secondary N) is 1. The molecule has 4 heteroatoms. The van der Waals surface area contributed by atoms with Crippen molar-refractivity contribution in [1.82, 2.24) is 10.2 Å². The largest absolute Gasteiger partial charge is 0.356 e. The molecule has 18 heavy (non-hydrogen) atoms. The van der Waals surface area contributed by atoms with Gasteiger partial charge >= 0.3 is 0 Å². The van der Waals surface area contributed by atoms with Crippen LogP contribution in [-0.4, -0.2) is 36.3 Å². The molecule has 1 rings (SSSR count). The first kappa shape index (κ1) is 15.0. The highest BCUT2D eigenvalue weighted by Crippen LogP contribution is 2.13. The van der Waals surface area contributed by atoms with Crippen molar-refractivity contribution in [2.45, 2.75) is 52.9 Å². The van der Waals surface area contributed by atoms with E-state index in [1.54, 1.807) is 0 Å². The van der Waals surface area contributed by atoms with E-state index in [9.17, 15) is 9.59 Å². The molecule has 0 radical (unpaired) electrons. The third-order valence-electron chi connectivity index (χ3n) is 3.24. The van der Waals surface area contributed by atoms with Crippen LogP contribution in [0.2, 0.25) is 0 Å². The number of nitrogens with zero attached hydrogens (tertiary/aromatic N) is 1. The highest BCUT2D eigenvalue weighted by molar-refractivity contribution is 5.81. The van der Waals surface area contributed by atoms with Gasteiger partial charge in [0.25, 0.3) is 0 Å². The highest BCUT2D eigenvalue weighted by Gasteiger charge is 2.20. The first-order valence-corrected chi connectivity index (χ1v) is 6.97. The number of likely N-dealkylation sites (tertiary alicyclic amines) is 1. The van der Waals surface area contributed by atoms with E-state index >= 15 is 0 Å². The summed E-state index contributed by atoms with van der Waals surface area (Å²) >= 11 is 0. The van der Waals surface area contributed by atoms with Gasteiger partial charge in [0.15, 0.2) is 0 Å². The topological polar surface area (TPSA) is 49.4 Å². The predicted molar refractivity (Wildman–Crippen MR) is 72.1 cm³/mol. The minimum absolute atomic E-state index is 0.0490. The SMILES string of the molecule is CC(C)(C)C(=O)NCCCC(=O)N1CCCCC1. The Morgan fingerprint density at radius 3 is 2.28 bits per heavy atom. The molecule has 1 heterocycles. The van der Waals surface area contributed by atoms with E-state index in [4.69, 9.17) is 0 Å². The average Bonchev–Trinajstić information content (AvgIpc) is 2.34. The number of hydrogen-bond acceptors (Lipinski definition) is 2. The Balaban J connectivity index is 2.14. The predicted octanol–water partition coefficient (Wildman–Crippen LogP) is 1.94. The lowest BCUT2D eigenvalue weighted by Gasteiger charge is -2.26. The molecule has 0 atom stereocenters. The van der Waals surface area contributed by atoms with E-state index in [1.165, 1.54) is 6.42 Å². The Bertz CT molecular complexity index is 289. The molecule has 1 N–H and O–H groups in total. The van der Waals surface area contributed by atoms with Crippen LogP contribution in [0.25, 0.3) is 0 Å². The summed E-state index contributed by atoms with van der Waals surface area (Å²) in [5, 5.41) is 2.87. The molecule has 0 unspecified atom stereocenters. The average molecular weight is 254 g/mol. The van der Waals surface area contributed by atoms with Gasteiger partial charge in [0, 0.05) is 31.5 Å². The molecule has 2 amide bonds. The van der Waals surface area contributed by atoms with E-state index < -0.39 is 0 Å². The fourth-order valence-corrected chi connectivity index (χ4v) is 2.01. The highest BCUT2D eigenvalue weighted by atomic mass is 16.2. The van der Waals surface area contributed by atoms with Gasteiger partial charge in [0.1, 0.15) is 0 Å². The number of piperidine rings is 1. The van der Waals surface area contributed by atoms with Crippen LogP contribution in [0.5, 0.6) is 0 Å². The van der Waals surface area contributed by atoms with Gasteiger partial charge in [0.2, 0.25) is 11.8 Å². The summed E-state index contributed by atoms with van der Waals surface area (Å²) in [6, 6.07) is 0. The standard InChI is InChI=1S/C14H26N2O2/c1-14(2,3)13(18)15-9-7-8-12(17)16-10-5-4-6-11-16/h4-11H2,1-3H3,(H,15,18). The number of carbonyl (C=O) groups excluding carboxylic acids is 2. The van der Waals surface area contributed by atoms with E-state index in [-0.39, 0.29) is 17.2 Å². The quantitative estimate of drug-likeness (QED) is 0.779. The molecule has 0 aromatic carbocycles. The molecular formula is C14H26N2O2. The zero-order valence-corrected chi connectivity index (χ0v) is 11.9. The second-order valence-electron chi connectivity index (χ2n) is 6.05. The first-order valence-electron chi connectivity index (χ1n) is 6.97. The Hall–Kier alpha value is -1.06. The molecule has 104 valence electrons. The fraction of sp³-hybridized carbons (Fsp3) is 0.857. The second-order valence-corrected chi connectivity index (χ2v) is 6.05. The summed E-state index contributed by atoms with van der Waals surface area (Å²) in [5.41, 5.74) is -0.350. The third kappa shape index (κ3) is 5.07. The van der Waals surface area contributed by atoms with Crippen LogP contribution in [-0.2, 0) is 9.59 Å². The van der Waals surface area contributed by atoms with Gasteiger partial charge in [-0.15, -0.1) is 0 Å². The van der Waals surface area contributed by atoms with Gasteiger partial charge < -0.3 is 10.2 Å². The molecule has 4 nitrogen and oxygen atoms in total. The maximum absolute atomic E-state index is 11.9. The van der Waals surface area contributed by atoms with E-state index in [0.717, 1.165) is 32.4 Å². The van der Waals surface area contributed by atoms with E-state index in [2.05, 4.69) is 5.32 Å². The summed E-state index contributed by atoms with van der Waals surface area (Å²) in [6.45, 7) is 8.08. The van der Waals surface area contributed by atoms with Crippen LogP contribution in [0.15, 0.2) is 0 Å². The molecule has 1 saturated heterocycles. The summed E-state index contributed by atoms with van der Waals surface area (Å²) in [5.74, 6) is 0.285.